The fourth-order valence-corrected chi connectivity index (χ4v) is 2.97. The second-order valence-electron chi connectivity index (χ2n) is 4.02. The summed E-state index contributed by atoms with van der Waals surface area (Å²) in [4.78, 5) is 4.27. The number of halogens is 2. The third-order valence-corrected chi connectivity index (χ3v) is 3.84. The molecule has 0 saturated heterocycles. The number of aliphatic hydroxyl groups is 1. The van der Waals surface area contributed by atoms with Gasteiger partial charge in [-0.1, -0.05) is 31.2 Å². The first kappa shape index (κ1) is 13.7. The van der Waals surface area contributed by atoms with Crippen molar-refractivity contribution in [3.05, 3.63) is 62.3 Å². The topological polar surface area (TPSA) is 33.1 Å². The second kappa shape index (κ2) is 5.95. The van der Waals surface area contributed by atoms with Crippen LogP contribution in [0.4, 0.5) is 0 Å². The Kier molecular flexibility index (Phi) is 4.54. The summed E-state index contributed by atoms with van der Waals surface area (Å²) in [5.74, 6) is 0. The smallest absolute Gasteiger partial charge is 0.122 e. The molecule has 2 rings (SSSR count). The molecule has 0 spiro atoms. The minimum absolute atomic E-state index is 0.631. The summed E-state index contributed by atoms with van der Waals surface area (Å²) in [6.45, 7) is 2.10. The van der Waals surface area contributed by atoms with Crippen molar-refractivity contribution >= 4 is 31.9 Å². The summed E-state index contributed by atoms with van der Waals surface area (Å²) in [5, 5.41) is 10.4. The molecule has 18 heavy (non-hydrogen) atoms. The van der Waals surface area contributed by atoms with Crippen molar-refractivity contribution in [2.24, 2.45) is 0 Å². The highest BCUT2D eigenvalue weighted by atomic mass is 79.9. The molecule has 0 aliphatic heterocycles. The zero-order valence-electron chi connectivity index (χ0n) is 9.90. The fraction of sp³-hybridized carbons (Fsp3) is 0.214. The second-order valence-corrected chi connectivity index (χ2v) is 5.79. The average molecular weight is 371 g/mol. The van der Waals surface area contributed by atoms with Crippen molar-refractivity contribution in [2.45, 2.75) is 19.4 Å². The molecule has 1 N–H and O–H groups in total. The fourth-order valence-electron chi connectivity index (χ4n) is 1.77. The molecule has 1 heterocycles. The predicted octanol–water partition coefficient (Wildman–Crippen LogP) is 4.25. The van der Waals surface area contributed by atoms with Crippen LogP contribution in [0.5, 0.6) is 0 Å². The quantitative estimate of drug-likeness (QED) is 0.875. The zero-order valence-corrected chi connectivity index (χ0v) is 13.1. The zero-order chi connectivity index (χ0) is 13.1. The Morgan fingerprint density at radius 1 is 1.28 bits per heavy atom. The van der Waals surface area contributed by atoms with Gasteiger partial charge in [0.25, 0.3) is 0 Å². The normalized spacial score (nSPS) is 12.4. The number of aliphatic hydroxyl groups excluding tert-OH is 1. The van der Waals surface area contributed by atoms with Crippen molar-refractivity contribution in [1.29, 1.82) is 0 Å². The van der Waals surface area contributed by atoms with E-state index in [1.54, 1.807) is 6.20 Å². The van der Waals surface area contributed by atoms with Gasteiger partial charge in [-0.15, -0.1) is 0 Å². The Bertz CT molecular complexity index is 557. The molecule has 1 unspecified atom stereocenters. The van der Waals surface area contributed by atoms with Crippen molar-refractivity contribution in [3.8, 4) is 0 Å². The molecule has 0 fully saturated rings. The van der Waals surface area contributed by atoms with Crippen LogP contribution >= 0.6 is 31.9 Å². The van der Waals surface area contributed by atoms with Gasteiger partial charge in [-0.2, -0.15) is 0 Å². The SMILES string of the molecule is CCc1cccc(C(O)c2ncc(Br)cc2Br)c1. The van der Waals surface area contributed by atoms with E-state index in [2.05, 4.69) is 49.8 Å². The number of aromatic nitrogens is 1. The monoisotopic (exact) mass is 369 g/mol. The maximum absolute atomic E-state index is 10.4. The highest BCUT2D eigenvalue weighted by Crippen LogP contribution is 2.29. The lowest BCUT2D eigenvalue weighted by atomic mass is 10.0. The van der Waals surface area contributed by atoms with Crippen LogP contribution in [-0.2, 0) is 6.42 Å². The van der Waals surface area contributed by atoms with Crippen molar-refractivity contribution in [3.63, 3.8) is 0 Å². The number of aryl methyl sites for hydroxylation is 1. The van der Waals surface area contributed by atoms with Crippen LogP contribution in [0.25, 0.3) is 0 Å². The molecule has 2 nitrogen and oxygen atoms in total. The van der Waals surface area contributed by atoms with Crippen LogP contribution in [0.3, 0.4) is 0 Å². The number of hydrogen-bond donors (Lipinski definition) is 1. The van der Waals surface area contributed by atoms with E-state index in [1.807, 2.05) is 24.3 Å². The number of benzene rings is 1. The summed E-state index contributed by atoms with van der Waals surface area (Å²) in [5.41, 5.74) is 2.70. The largest absolute Gasteiger partial charge is 0.382 e. The summed E-state index contributed by atoms with van der Waals surface area (Å²) in [6.07, 6.45) is 1.93. The van der Waals surface area contributed by atoms with E-state index < -0.39 is 6.10 Å². The van der Waals surface area contributed by atoms with E-state index in [0.29, 0.717) is 5.69 Å². The minimum atomic E-state index is -0.709. The maximum atomic E-state index is 10.4. The van der Waals surface area contributed by atoms with Gasteiger partial charge < -0.3 is 5.11 Å². The van der Waals surface area contributed by atoms with Crippen molar-refractivity contribution < 1.29 is 5.11 Å². The van der Waals surface area contributed by atoms with Gasteiger partial charge in [0.15, 0.2) is 0 Å². The number of pyridine rings is 1. The van der Waals surface area contributed by atoms with Crippen molar-refractivity contribution in [1.82, 2.24) is 4.98 Å². The Morgan fingerprint density at radius 3 is 2.72 bits per heavy atom. The van der Waals surface area contributed by atoms with E-state index in [4.69, 9.17) is 0 Å². The van der Waals surface area contributed by atoms with Crippen LogP contribution in [0.2, 0.25) is 0 Å². The van der Waals surface area contributed by atoms with Crippen LogP contribution in [-0.4, -0.2) is 10.1 Å². The van der Waals surface area contributed by atoms with E-state index in [1.165, 1.54) is 5.56 Å². The molecule has 1 aromatic carbocycles. The molecular formula is C14H13Br2NO. The first-order valence-corrected chi connectivity index (χ1v) is 7.28. The van der Waals surface area contributed by atoms with Gasteiger partial charge in [0.05, 0.1) is 5.69 Å². The van der Waals surface area contributed by atoms with Crippen LogP contribution in [0.15, 0.2) is 45.5 Å². The van der Waals surface area contributed by atoms with Gasteiger partial charge in [-0.05, 0) is 55.5 Å². The summed E-state index contributed by atoms with van der Waals surface area (Å²) < 4.78 is 1.68. The number of hydrogen-bond acceptors (Lipinski definition) is 2. The summed E-state index contributed by atoms with van der Waals surface area (Å²) >= 11 is 6.78. The first-order valence-electron chi connectivity index (χ1n) is 5.69. The van der Waals surface area contributed by atoms with Gasteiger partial charge in [0, 0.05) is 15.1 Å². The molecule has 94 valence electrons. The number of nitrogens with zero attached hydrogens (tertiary/aromatic N) is 1. The molecule has 1 atom stereocenters. The molecule has 0 amide bonds. The van der Waals surface area contributed by atoms with Gasteiger partial charge in [0.1, 0.15) is 6.10 Å². The van der Waals surface area contributed by atoms with Gasteiger partial charge >= 0.3 is 0 Å². The van der Waals surface area contributed by atoms with E-state index in [9.17, 15) is 5.11 Å². The van der Waals surface area contributed by atoms with E-state index in [-0.39, 0.29) is 0 Å². The Morgan fingerprint density at radius 2 is 2.06 bits per heavy atom. The molecule has 4 heteroatoms. The van der Waals surface area contributed by atoms with Crippen LogP contribution < -0.4 is 0 Å². The molecule has 2 aromatic rings. The maximum Gasteiger partial charge on any atom is 0.122 e. The van der Waals surface area contributed by atoms with E-state index in [0.717, 1.165) is 20.9 Å². The molecule has 1 aromatic heterocycles. The molecule has 0 aliphatic rings. The van der Waals surface area contributed by atoms with Gasteiger partial charge in [-0.25, -0.2) is 0 Å². The Hall–Kier alpha value is -0.710. The third kappa shape index (κ3) is 2.99. The Balaban J connectivity index is 2.37. The minimum Gasteiger partial charge on any atom is -0.382 e. The molecule has 0 saturated carbocycles. The Labute approximate surface area is 123 Å². The molecule has 0 radical (unpaired) electrons. The van der Waals surface area contributed by atoms with Crippen LogP contribution in [0, 0.1) is 0 Å². The van der Waals surface area contributed by atoms with Gasteiger partial charge in [-0.3, -0.25) is 4.98 Å². The molecule has 0 aliphatic carbocycles. The highest BCUT2D eigenvalue weighted by molar-refractivity contribution is 9.11. The standard InChI is InChI=1S/C14H13Br2NO/c1-2-9-4-3-5-10(6-9)14(18)13-12(16)7-11(15)8-17-13/h3-8,14,18H,2H2,1H3. The molecular weight excluding hydrogens is 358 g/mol. The molecule has 0 bridgehead atoms. The van der Waals surface area contributed by atoms with Gasteiger partial charge in [0.2, 0.25) is 0 Å². The van der Waals surface area contributed by atoms with Crippen molar-refractivity contribution in [2.75, 3.05) is 0 Å². The van der Waals surface area contributed by atoms with E-state index >= 15 is 0 Å². The lowest BCUT2D eigenvalue weighted by molar-refractivity contribution is 0.214. The third-order valence-electron chi connectivity index (χ3n) is 2.77. The lowest BCUT2D eigenvalue weighted by Gasteiger charge is -2.13. The summed E-state index contributed by atoms with van der Waals surface area (Å²) in [6, 6.07) is 9.83. The highest BCUT2D eigenvalue weighted by Gasteiger charge is 2.15. The predicted molar refractivity (Wildman–Crippen MR) is 79.5 cm³/mol. The average Bonchev–Trinajstić information content (AvgIpc) is 2.38. The first-order chi connectivity index (χ1) is 8.61. The lowest BCUT2D eigenvalue weighted by Crippen LogP contribution is -2.04. The van der Waals surface area contributed by atoms with Crippen LogP contribution in [0.1, 0.15) is 29.8 Å². The number of rotatable bonds is 3. The summed E-state index contributed by atoms with van der Waals surface area (Å²) in [7, 11) is 0.